The van der Waals surface area contributed by atoms with Crippen LogP contribution < -0.4 is 0 Å². The van der Waals surface area contributed by atoms with Gasteiger partial charge in [-0.1, -0.05) is 35.0 Å². The number of hydrogen-bond donors (Lipinski definition) is 1. The smallest absolute Gasteiger partial charge is 0.306 e. The number of aliphatic carboxylic acids is 1. The molecule has 1 N–H and O–H groups in total. The van der Waals surface area contributed by atoms with E-state index in [0.717, 1.165) is 10.0 Å². The Morgan fingerprint density at radius 3 is 2.39 bits per heavy atom. The maximum absolute atomic E-state index is 11.8. The molecule has 0 bridgehead atoms. The summed E-state index contributed by atoms with van der Waals surface area (Å²) in [6.45, 7) is 2.02. The lowest BCUT2D eigenvalue weighted by atomic mass is 10.1. The van der Waals surface area contributed by atoms with Crippen LogP contribution in [0.3, 0.4) is 0 Å². The lowest BCUT2D eigenvalue weighted by molar-refractivity contribution is -0.145. The molecule has 1 rings (SSSR count). The quantitative estimate of drug-likeness (QED) is 0.908. The molecular weight excluding hydrogens is 298 g/mol. The van der Waals surface area contributed by atoms with Crippen molar-refractivity contribution >= 4 is 27.8 Å². The molecule has 4 nitrogen and oxygen atoms in total. The van der Waals surface area contributed by atoms with Crippen LogP contribution in [0.25, 0.3) is 0 Å². The first kappa shape index (κ1) is 14.7. The maximum atomic E-state index is 11.8. The summed E-state index contributed by atoms with van der Waals surface area (Å²) >= 11 is 3.34. The third-order valence-corrected chi connectivity index (χ3v) is 3.19. The van der Waals surface area contributed by atoms with E-state index in [1.54, 1.807) is 11.9 Å². The van der Waals surface area contributed by atoms with Gasteiger partial charge in [-0.15, -0.1) is 0 Å². The van der Waals surface area contributed by atoms with Crippen LogP contribution in [0, 0.1) is 5.92 Å². The Morgan fingerprint density at radius 2 is 1.89 bits per heavy atom. The third-order valence-electron chi connectivity index (χ3n) is 2.66. The van der Waals surface area contributed by atoms with Crippen molar-refractivity contribution in [3.8, 4) is 0 Å². The molecule has 18 heavy (non-hydrogen) atoms. The van der Waals surface area contributed by atoms with Crippen LogP contribution in [-0.2, 0) is 16.1 Å². The number of halogens is 1. The SMILES string of the molecule is CC(CC(=O)N(C)Cc1ccc(Br)cc1)C(=O)O. The van der Waals surface area contributed by atoms with Crippen LogP contribution in [0.4, 0.5) is 0 Å². The number of benzene rings is 1. The highest BCUT2D eigenvalue weighted by Crippen LogP contribution is 2.13. The van der Waals surface area contributed by atoms with E-state index in [2.05, 4.69) is 15.9 Å². The number of carbonyl (C=O) groups excluding carboxylic acids is 1. The van der Waals surface area contributed by atoms with E-state index >= 15 is 0 Å². The first-order chi connectivity index (χ1) is 8.40. The van der Waals surface area contributed by atoms with Gasteiger partial charge in [-0.25, -0.2) is 0 Å². The molecule has 1 atom stereocenters. The molecule has 5 heteroatoms. The second-order valence-corrected chi connectivity index (χ2v) is 5.24. The van der Waals surface area contributed by atoms with Gasteiger partial charge in [0.05, 0.1) is 5.92 Å². The van der Waals surface area contributed by atoms with Crippen LogP contribution in [0.2, 0.25) is 0 Å². The number of nitrogens with zero attached hydrogens (tertiary/aromatic N) is 1. The monoisotopic (exact) mass is 313 g/mol. The van der Waals surface area contributed by atoms with Crippen molar-refractivity contribution in [1.29, 1.82) is 0 Å². The molecule has 1 aromatic carbocycles. The summed E-state index contributed by atoms with van der Waals surface area (Å²) in [7, 11) is 1.68. The Kier molecular flexibility index (Phi) is 5.34. The van der Waals surface area contributed by atoms with Crippen molar-refractivity contribution in [2.24, 2.45) is 5.92 Å². The summed E-state index contributed by atoms with van der Waals surface area (Å²) in [5.41, 5.74) is 1.01. The van der Waals surface area contributed by atoms with Crippen LogP contribution in [-0.4, -0.2) is 28.9 Å². The molecule has 0 aromatic heterocycles. The number of carboxylic acids is 1. The van der Waals surface area contributed by atoms with E-state index in [4.69, 9.17) is 5.11 Å². The highest BCUT2D eigenvalue weighted by molar-refractivity contribution is 9.10. The minimum absolute atomic E-state index is 0.0301. The normalized spacial score (nSPS) is 11.9. The summed E-state index contributed by atoms with van der Waals surface area (Å²) in [6, 6.07) is 7.67. The summed E-state index contributed by atoms with van der Waals surface area (Å²) in [5, 5.41) is 8.76. The average molecular weight is 314 g/mol. The topological polar surface area (TPSA) is 57.6 Å². The maximum Gasteiger partial charge on any atom is 0.306 e. The fourth-order valence-electron chi connectivity index (χ4n) is 1.46. The Hall–Kier alpha value is -1.36. The van der Waals surface area contributed by atoms with Gasteiger partial charge in [-0.05, 0) is 17.7 Å². The number of hydrogen-bond acceptors (Lipinski definition) is 2. The molecule has 0 aliphatic carbocycles. The Balaban J connectivity index is 2.54. The molecule has 1 amide bonds. The van der Waals surface area contributed by atoms with Crippen LogP contribution in [0.5, 0.6) is 0 Å². The number of carbonyl (C=O) groups is 2. The molecule has 0 saturated heterocycles. The van der Waals surface area contributed by atoms with E-state index in [1.807, 2.05) is 24.3 Å². The summed E-state index contributed by atoms with van der Waals surface area (Å²) in [5.74, 6) is -1.75. The lowest BCUT2D eigenvalue weighted by Crippen LogP contribution is -2.29. The van der Waals surface area contributed by atoms with Crippen LogP contribution >= 0.6 is 15.9 Å². The summed E-state index contributed by atoms with van der Waals surface area (Å²) in [6.07, 6.45) is 0.0301. The molecule has 0 radical (unpaired) electrons. The predicted octanol–water partition coefficient (Wildman–Crippen LogP) is 2.52. The van der Waals surface area contributed by atoms with E-state index in [-0.39, 0.29) is 12.3 Å². The molecule has 0 saturated carbocycles. The molecule has 0 fully saturated rings. The minimum Gasteiger partial charge on any atom is -0.481 e. The van der Waals surface area contributed by atoms with Gasteiger partial charge in [-0.2, -0.15) is 0 Å². The van der Waals surface area contributed by atoms with Crippen molar-refractivity contribution in [3.05, 3.63) is 34.3 Å². The second-order valence-electron chi connectivity index (χ2n) is 4.32. The van der Waals surface area contributed by atoms with Crippen molar-refractivity contribution in [2.75, 3.05) is 7.05 Å². The fourth-order valence-corrected chi connectivity index (χ4v) is 1.72. The number of amides is 1. The van der Waals surface area contributed by atoms with E-state index in [9.17, 15) is 9.59 Å². The molecule has 1 aromatic rings. The van der Waals surface area contributed by atoms with Crippen molar-refractivity contribution in [1.82, 2.24) is 4.90 Å². The molecule has 0 aliphatic heterocycles. The van der Waals surface area contributed by atoms with Crippen LogP contribution in [0.15, 0.2) is 28.7 Å². The molecule has 0 aliphatic rings. The van der Waals surface area contributed by atoms with Crippen molar-refractivity contribution in [3.63, 3.8) is 0 Å². The van der Waals surface area contributed by atoms with Crippen molar-refractivity contribution in [2.45, 2.75) is 19.9 Å². The fraction of sp³-hybridized carbons (Fsp3) is 0.385. The van der Waals surface area contributed by atoms with E-state index in [0.29, 0.717) is 6.54 Å². The zero-order valence-corrected chi connectivity index (χ0v) is 12.0. The van der Waals surface area contributed by atoms with E-state index in [1.165, 1.54) is 6.92 Å². The van der Waals surface area contributed by atoms with Gasteiger partial charge < -0.3 is 10.0 Å². The van der Waals surface area contributed by atoms with Gasteiger partial charge in [0.2, 0.25) is 5.91 Å². The van der Waals surface area contributed by atoms with Gasteiger partial charge in [-0.3, -0.25) is 9.59 Å². The largest absolute Gasteiger partial charge is 0.481 e. The molecule has 0 heterocycles. The van der Waals surface area contributed by atoms with Gasteiger partial charge >= 0.3 is 5.97 Å². The second kappa shape index (κ2) is 6.54. The lowest BCUT2D eigenvalue weighted by Gasteiger charge is -2.18. The van der Waals surface area contributed by atoms with Gasteiger partial charge in [0.1, 0.15) is 0 Å². The van der Waals surface area contributed by atoms with Gasteiger partial charge in [0.25, 0.3) is 0 Å². The molecule has 1 unspecified atom stereocenters. The third kappa shape index (κ3) is 4.49. The molecule has 98 valence electrons. The molecule has 0 spiro atoms. The zero-order valence-electron chi connectivity index (χ0n) is 10.4. The number of carboxylic acid groups (broad SMARTS) is 1. The first-order valence-electron chi connectivity index (χ1n) is 5.61. The minimum atomic E-state index is -0.944. The Morgan fingerprint density at radius 1 is 1.33 bits per heavy atom. The van der Waals surface area contributed by atoms with Gasteiger partial charge in [0.15, 0.2) is 0 Å². The van der Waals surface area contributed by atoms with Gasteiger partial charge in [0, 0.05) is 24.5 Å². The predicted molar refractivity (Wildman–Crippen MR) is 72.0 cm³/mol. The zero-order chi connectivity index (χ0) is 13.7. The standard InChI is InChI=1S/C13H16BrNO3/c1-9(13(17)18)7-12(16)15(2)8-10-3-5-11(14)6-4-10/h3-6,9H,7-8H2,1-2H3,(H,17,18). The summed E-state index contributed by atoms with van der Waals surface area (Å²) in [4.78, 5) is 24.0. The highest BCUT2D eigenvalue weighted by atomic mass is 79.9. The number of rotatable bonds is 5. The highest BCUT2D eigenvalue weighted by Gasteiger charge is 2.18. The summed E-state index contributed by atoms with van der Waals surface area (Å²) < 4.78 is 0.986. The Labute approximate surface area is 115 Å². The first-order valence-corrected chi connectivity index (χ1v) is 6.40. The van der Waals surface area contributed by atoms with Crippen LogP contribution in [0.1, 0.15) is 18.9 Å². The molecular formula is C13H16BrNO3. The van der Waals surface area contributed by atoms with E-state index < -0.39 is 11.9 Å². The van der Waals surface area contributed by atoms with Crippen molar-refractivity contribution < 1.29 is 14.7 Å². The Bertz CT molecular complexity index is 430. The average Bonchev–Trinajstić information content (AvgIpc) is 2.31.